The van der Waals surface area contributed by atoms with Gasteiger partial charge in [-0.2, -0.15) is 0 Å². The van der Waals surface area contributed by atoms with Crippen molar-refractivity contribution in [2.75, 3.05) is 7.11 Å². The molecule has 0 fully saturated rings. The molecular weight excluding hydrogens is 286 g/mol. The Bertz CT molecular complexity index is 876. The van der Waals surface area contributed by atoms with Crippen molar-refractivity contribution in [1.82, 2.24) is 10.1 Å². The molecule has 3 aromatic rings. The second-order valence-corrected chi connectivity index (χ2v) is 4.73. The van der Waals surface area contributed by atoms with Crippen LogP contribution in [0.1, 0.15) is 17.0 Å². The fourth-order valence-electron chi connectivity index (χ4n) is 2.27. The number of benzene rings is 1. The first kappa shape index (κ1) is 13.9. The number of rotatable bonds is 4. The van der Waals surface area contributed by atoms with Gasteiger partial charge in [-0.25, -0.2) is 0 Å². The predicted molar refractivity (Wildman–Crippen MR) is 81.7 cm³/mol. The van der Waals surface area contributed by atoms with E-state index in [1.54, 1.807) is 19.3 Å². The molecule has 0 aliphatic carbocycles. The fourth-order valence-corrected chi connectivity index (χ4v) is 2.27. The maximum absolute atomic E-state index is 11.0. The van der Waals surface area contributed by atoms with Gasteiger partial charge >= 0.3 is 5.69 Å². The van der Waals surface area contributed by atoms with Gasteiger partial charge in [-0.15, -0.1) is 0 Å². The summed E-state index contributed by atoms with van der Waals surface area (Å²) in [7, 11) is 1.60. The number of ether oxygens (including phenoxy) is 1. The van der Waals surface area contributed by atoms with E-state index in [-0.39, 0.29) is 17.1 Å². The molecule has 0 saturated heterocycles. The predicted octanol–water partition coefficient (Wildman–Crippen LogP) is 3.55. The molecule has 7 nitrogen and oxygen atoms in total. The third kappa shape index (κ3) is 2.32. The van der Waals surface area contributed by atoms with E-state index in [1.165, 1.54) is 6.92 Å². The van der Waals surface area contributed by atoms with Crippen LogP contribution in [0.2, 0.25) is 0 Å². The summed E-state index contributed by atoms with van der Waals surface area (Å²) in [5, 5.41) is 15.6. The quantitative estimate of drug-likeness (QED) is 0.587. The van der Waals surface area contributed by atoms with Gasteiger partial charge in [0, 0.05) is 22.7 Å². The molecule has 0 spiro atoms. The van der Waals surface area contributed by atoms with Crippen LogP contribution in [0.4, 0.5) is 5.69 Å². The number of nitrogens with zero attached hydrogens (tertiary/aromatic N) is 2. The van der Waals surface area contributed by atoms with Gasteiger partial charge in [0.05, 0.1) is 12.0 Å². The molecule has 0 aliphatic rings. The van der Waals surface area contributed by atoms with Crippen LogP contribution in [0.5, 0.6) is 5.75 Å². The molecule has 0 amide bonds. The number of aryl methyl sites for hydroxylation is 1. The number of fused-ring (bicyclic) bond motifs is 1. The molecule has 2 heterocycles. The molecule has 0 aliphatic heterocycles. The number of hydrogen-bond acceptors (Lipinski definition) is 5. The van der Waals surface area contributed by atoms with Crippen molar-refractivity contribution in [3.05, 3.63) is 51.5 Å². The molecule has 0 bridgehead atoms. The summed E-state index contributed by atoms with van der Waals surface area (Å²) in [5.74, 6) is 0.864. The highest BCUT2D eigenvalue weighted by atomic mass is 16.6. The van der Waals surface area contributed by atoms with E-state index in [1.807, 2.05) is 24.4 Å². The Kier molecular flexibility index (Phi) is 3.38. The van der Waals surface area contributed by atoms with Gasteiger partial charge < -0.3 is 14.2 Å². The van der Waals surface area contributed by atoms with Crippen LogP contribution in [0, 0.1) is 17.0 Å². The van der Waals surface area contributed by atoms with Crippen molar-refractivity contribution in [3.8, 4) is 5.75 Å². The summed E-state index contributed by atoms with van der Waals surface area (Å²) in [5.41, 5.74) is 1.96. The molecule has 1 N–H and O–H groups in total. The molecular formula is C15H13N3O4. The van der Waals surface area contributed by atoms with E-state index >= 15 is 0 Å². The highest BCUT2D eigenvalue weighted by Gasteiger charge is 2.21. The monoisotopic (exact) mass is 299 g/mol. The van der Waals surface area contributed by atoms with Gasteiger partial charge in [0.1, 0.15) is 5.75 Å². The SMILES string of the molecule is COc1ccc2[nH]cc(C=Cc3onc(C)c3[N+](=O)[O-])c2c1. The zero-order valence-corrected chi connectivity index (χ0v) is 12.0. The number of hydrogen-bond donors (Lipinski definition) is 1. The van der Waals surface area contributed by atoms with Crippen LogP contribution in [0.25, 0.3) is 23.1 Å². The first-order valence-corrected chi connectivity index (χ1v) is 6.54. The number of nitrogens with one attached hydrogen (secondary N) is 1. The highest BCUT2D eigenvalue weighted by molar-refractivity contribution is 5.92. The minimum atomic E-state index is -0.496. The van der Waals surface area contributed by atoms with Crippen LogP contribution in [0.3, 0.4) is 0 Å². The molecule has 7 heteroatoms. The molecule has 0 atom stereocenters. The van der Waals surface area contributed by atoms with Gasteiger partial charge in [0.25, 0.3) is 0 Å². The van der Waals surface area contributed by atoms with Crippen molar-refractivity contribution in [2.24, 2.45) is 0 Å². The van der Waals surface area contributed by atoms with Crippen LogP contribution in [-0.4, -0.2) is 22.2 Å². The number of H-pyrrole nitrogens is 1. The topological polar surface area (TPSA) is 94.2 Å². The van der Waals surface area contributed by atoms with E-state index in [4.69, 9.17) is 9.26 Å². The molecule has 1 aromatic carbocycles. The number of aromatic nitrogens is 2. The summed E-state index contributed by atoms with van der Waals surface area (Å²) in [4.78, 5) is 13.6. The van der Waals surface area contributed by atoms with Crippen molar-refractivity contribution in [2.45, 2.75) is 6.92 Å². The average Bonchev–Trinajstić information content (AvgIpc) is 3.07. The standard InChI is InChI=1S/C15H13N3O4/c1-9-15(18(19)20)14(22-17-9)6-3-10-8-16-13-5-4-11(21-2)7-12(10)13/h3-8,16H,1-2H3. The van der Waals surface area contributed by atoms with E-state index in [9.17, 15) is 10.1 Å². The van der Waals surface area contributed by atoms with Crippen LogP contribution >= 0.6 is 0 Å². The Labute approximate surface area is 125 Å². The number of nitro groups is 1. The van der Waals surface area contributed by atoms with Crippen molar-refractivity contribution in [1.29, 1.82) is 0 Å². The zero-order chi connectivity index (χ0) is 15.7. The average molecular weight is 299 g/mol. The van der Waals surface area contributed by atoms with Crippen LogP contribution in [0.15, 0.2) is 28.9 Å². The maximum Gasteiger partial charge on any atom is 0.338 e. The zero-order valence-electron chi connectivity index (χ0n) is 12.0. The number of aromatic amines is 1. The fraction of sp³-hybridized carbons (Fsp3) is 0.133. The largest absolute Gasteiger partial charge is 0.497 e. The highest BCUT2D eigenvalue weighted by Crippen LogP contribution is 2.27. The second kappa shape index (κ2) is 5.36. The molecule has 0 saturated carbocycles. The second-order valence-electron chi connectivity index (χ2n) is 4.73. The Hall–Kier alpha value is -3.09. The lowest BCUT2D eigenvalue weighted by Gasteiger charge is -1.99. The van der Waals surface area contributed by atoms with Gasteiger partial charge in [-0.3, -0.25) is 10.1 Å². The molecule has 3 rings (SSSR count). The van der Waals surface area contributed by atoms with Gasteiger partial charge in [0.15, 0.2) is 5.69 Å². The first-order chi connectivity index (χ1) is 10.6. The summed E-state index contributed by atoms with van der Waals surface area (Å²) in [6.45, 7) is 1.54. The van der Waals surface area contributed by atoms with Crippen LogP contribution in [-0.2, 0) is 0 Å². The lowest BCUT2D eigenvalue weighted by molar-refractivity contribution is -0.386. The summed E-state index contributed by atoms with van der Waals surface area (Å²) < 4.78 is 10.2. The van der Waals surface area contributed by atoms with E-state index in [2.05, 4.69) is 10.1 Å². The molecule has 0 radical (unpaired) electrons. The van der Waals surface area contributed by atoms with Gasteiger partial charge in [0.2, 0.25) is 5.76 Å². The minimum absolute atomic E-state index is 0.117. The van der Waals surface area contributed by atoms with Crippen molar-refractivity contribution >= 4 is 28.7 Å². The van der Waals surface area contributed by atoms with Crippen molar-refractivity contribution < 1.29 is 14.2 Å². The summed E-state index contributed by atoms with van der Waals surface area (Å²) >= 11 is 0. The minimum Gasteiger partial charge on any atom is -0.497 e. The molecule has 0 unspecified atom stereocenters. The van der Waals surface area contributed by atoms with Gasteiger partial charge in [-0.1, -0.05) is 5.16 Å². The first-order valence-electron chi connectivity index (χ1n) is 6.54. The Morgan fingerprint density at radius 1 is 1.41 bits per heavy atom. The van der Waals surface area contributed by atoms with E-state index < -0.39 is 4.92 Å². The summed E-state index contributed by atoms with van der Waals surface area (Å²) in [6.07, 6.45) is 5.10. The molecule has 2 aromatic heterocycles. The van der Waals surface area contributed by atoms with Crippen molar-refractivity contribution in [3.63, 3.8) is 0 Å². The smallest absolute Gasteiger partial charge is 0.338 e. The van der Waals surface area contributed by atoms with E-state index in [0.717, 1.165) is 22.2 Å². The third-order valence-corrected chi connectivity index (χ3v) is 3.37. The maximum atomic E-state index is 11.0. The van der Waals surface area contributed by atoms with Crippen LogP contribution < -0.4 is 4.74 Å². The molecule has 22 heavy (non-hydrogen) atoms. The Morgan fingerprint density at radius 2 is 2.23 bits per heavy atom. The lowest BCUT2D eigenvalue weighted by Crippen LogP contribution is -1.90. The number of methoxy groups -OCH3 is 1. The van der Waals surface area contributed by atoms with E-state index in [0.29, 0.717) is 0 Å². The molecule has 112 valence electrons. The normalized spacial score (nSPS) is 11.4. The summed E-state index contributed by atoms with van der Waals surface area (Å²) in [6, 6.07) is 5.66. The third-order valence-electron chi connectivity index (χ3n) is 3.37. The lowest BCUT2D eigenvalue weighted by atomic mass is 10.1. The Balaban J connectivity index is 2.01. The van der Waals surface area contributed by atoms with Gasteiger partial charge in [-0.05, 0) is 37.3 Å². The Morgan fingerprint density at radius 3 is 2.95 bits per heavy atom.